The van der Waals surface area contributed by atoms with Crippen molar-refractivity contribution in [2.24, 2.45) is 5.10 Å². The third kappa shape index (κ3) is 4.88. The maximum atomic E-state index is 12.3. The van der Waals surface area contributed by atoms with Gasteiger partial charge in [-0.05, 0) is 61.9 Å². The highest BCUT2D eigenvalue weighted by Crippen LogP contribution is 2.28. The molecule has 144 valence electrons. The zero-order chi connectivity index (χ0) is 20.1. The number of methoxy groups -OCH3 is 1. The number of benzene rings is 2. The molecule has 0 spiro atoms. The number of halogens is 1. The number of hydrogen-bond donors (Lipinski definition) is 1. The van der Waals surface area contributed by atoms with Crippen molar-refractivity contribution in [3.8, 4) is 11.5 Å². The quantitative estimate of drug-likeness (QED) is 0.263. The first-order valence-corrected chi connectivity index (χ1v) is 9.54. The molecule has 2 aromatic carbocycles. The summed E-state index contributed by atoms with van der Waals surface area (Å²) in [4.78, 5) is 17.8. The lowest BCUT2D eigenvalue weighted by atomic mass is 10.2. The van der Waals surface area contributed by atoms with Gasteiger partial charge in [0.2, 0.25) is 5.13 Å². The average Bonchev–Trinajstić information content (AvgIpc) is 3.00. The molecule has 8 heteroatoms. The van der Waals surface area contributed by atoms with E-state index in [0.717, 1.165) is 21.3 Å². The van der Waals surface area contributed by atoms with E-state index < -0.39 is 5.97 Å². The minimum Gasteiger partial charge on any atom is -0.493 e. The van der Waals surface area contributed by atoms with Crippen molar-refractivity contribution in [1.82, 2.24) is 4.98 Å². The molecule has 0 aliphatic carbocycles. The zero-order valence-corrected chi connectivity index (χ0v) is 17.1. The Labute approximate surface area is 171 Å². The molecular formula is C20H18ClN3O3S. The van der Waals surface area contributed by atoms with Crippen molar-refractivity contribution >= 4 is 40.3 Å². The van der Waals surface area contributed by atoms with Gasteiger partial charge in [-0.3, -0.25) is 5.43 Å². The Bertz CT molecular complexity index is 997. The number of thiazole rings is 1. The van der Waals surface area contributed by atoms with Crippen molar-refractivity contribution in [3.05, 3.63) is 69.2 Å². The Hall–Kier alpha value is -2.90. The number of aromatic nitrogens is 1. The van der Waals surface area contributed by atoms with Gasteiger partial charge in [-0.15, -0.1) is 11.3 Å². The van der Waals surface area contributed by atoms with Crippen molar-refractivity contribution in [1.29, 1.82) is 0 Å². The number of hydrogen-bond acceptors (Lipinski definition) is 7. The van der Waals surface area contributed by atoms with Crippen LogP contribution in [0.3, 0.4) is 0 Å². The molecule has 1 aromatic heterocycles. The second-order valence-corrected chi connectivity index (χ2v) is 7.48. The monoisotopic (exact) mass is 415 g/mol. The number of esters is 1. The largest absolute Gasteiger partial charge is 0.493 e. The predicted molar refractivity (Wildman–Crippen MR) is 112 cm³/mol. The fraction of sp³-hybridized carbons (Fsp3) is 0.150. The minimum absolute atomic E-state index is 0.318. The first kappa shape index (κ1) is 19.9. The van der Waals surface area contributed by atoms with Gasteiger partial charge < -0.3 is 9.47 Å². The number of nitrogens with zero attached hydrogens (tertiary/aromatic N) is 2. The number of ether oxygens (including phenoxy) is 2. The second kappa shape index (κ2) is 8.86. The van der Waals surface area contributed by atoms with Gasteiger partial charge in [0.25, 0.3) is 0 Å². The van der Waals surface area contributed by atoms with Crippen molar-refractivity contribution < 1.29 is 14.3 Å². The first-order chi connectivity index (χ1) is 13.5. The summed E-state index contributed by atoms with van der Waals surface area (Å²) < 4.78 is 10.8. The van der Waals surface area contributed by atoms with Gasteiger partial charge in [-0.25, -0.2) is 9.78 Å². The van der Waals surface area contributed by atoms with Crippen LogP contribution in [-0.2, 0) is 0 Å². The number of hydrazone groups is 1. The summed E-state index contributed by atoms with van der Waals surface area (Å²) in [6.45, 7) is 3.96. The van der Waals surface area contributed by atoms with Crippen LogP contribution in [0.2, 0.25) is 5.02 Å². The summed E-state index contributed by atoms with van der Waals surface area (Å²) in [6, 6.07) is 11.6. The maximum Gasteiger partial charge on any atom is 0.343 e. The van der Waals surface area contributed by atoms with Crippen LogP contribution >= 0.6 is 22.9 Å². The first-order valence-electron chi connectivity index (χ1n) is 8.35. The predicted octanol–water partition coefficient (Wildman–Crippen LogP) is 5.09. The van der Waals surface area contributed by atoms with Gasteiger partial charge in [0.05, 0.1) is 24.6 Å². The molecule has 3 rings (SSSR count). The average molecular weight is 416 g/mol. The van der Waals surface area contributed by atoms with E-state index in [1.807, 2.05) is 13.8 Å². The highest BCUT2D eigenvalue weighted by molar-refractivity contribution is 7.15. The van der Waals surface area contributed by atoms with Crippen molar-refractivity contribution in [3.63, 3.8) is 0 Å². The van der Waals surface area contributed by atoms with Crippen LogP contribution in [0, 0.1) is 13.8 Å². The van der Waals surface area contributed by atoms with E-state index in [2.05, 4.69) is 15.5 Å². The fourth-order valence-corrected chi connectivity index (χ4v) is 3.17. The van der Waals surface area contributed by atoms with Gasteiger partial charge in [0.15, 0.2) is 11.5 Å². The molecule has 28 heavy (non-hydrogen) atoms. The molecule has 0 saturated heterocycles. The molecule has 0 saturated carbocycles. The summed E-state index contributed by atoms with van der Waals surface area (Å²) >= 11 is 7.38. The Morgan fingerprint density at radius 3 is 2.57 bits per heavy atom. The van der Waals surface area contributed by atoms with E-state index in [9.17, 15) is 4.79 Å². The van der Waals surface area contributed by atoms with Crippen molar-refractivity contribution in [2.45, 2.75) is 13.8 Å². The van der Waals surface area contributed by atoms with Gasteiger partial charge in [-0.2, -0.15) is 5.10 Å². The van der Waals surface area contributed by atoms with Crippen molar-refractivity contribution in [2.75, 3.05) is 12.5 Å². The molecule has 0 amide bonds. The Kier molecular flexibility index (Phi) is 6.28. The van der Waals surface area contributed by atoms with Gasteiger partial charge in [0.1, 0.15) is 0 Å². The Morgan fingerprint density at radius 2 is 1.93 bits per heavy atom. The van der Waals surface area contributed by atoms with E-state index in [1.165, 1.54) is 18.4 Å². The molecule has 0 fully saturated rings. The maximum absolute atomic E-state index is 12.3. The summed E-state index contributed by atoms with van der Waals surface area (Å²) in [5.74, 6) is 0.249. The van der Waals surface area contributed by atoms with Crippen LogP contribution in [0.15, 0.2) is 47.6 Å². The molecule has 6 nitrogen and oxygen atoms in total. The zero-order valence-electron chi connectivity index (χ0n) is 15.5. The molecule has 0 bridgehead atoms. The summed E-state index contributed by atoms with van der Waals surface area (Å²) in [6.07, 6.45) is 1.64. The number of aryl methyl sites for hydroxylation is 2. The normalized spacial score (nSPS) is 10.9. The molecule has 3 aromatic rings. The van der Waals surface area contributed by atoms with Crippen LogP contribution in [-0.4, -0.2) is 24.3 Å². The highest BCUT2D eigenvalue weighted by atomic mass is 35.5. The molecule has 0 radical (unpaired) electrons. The van der Waals surface area contributed by atoms with Crippen LogP contribution < -0.4 is 14.9 Å². The lowest BCUT2D eigenvalue weighted by Gasteiger charge is -2.10. The van der Waals surface area contributed by atoms with E-state index in [4.69, 9.17) is 21.1 Å². The number of anilines is 1. The van der Waals surface area contributed by atoms with Gasteiger partial charge in [0, 0.05) is 9.90 Å². The smallest absolute Gasteiger partial charge is 0.343 e. The third-order valence-electron chi connectivity index (χ3n) is 3.87. The molecule has 1 heterocycles. The minimum atomic E-state index is -0.493. The molecule has 0 unspecified atom stereocenters. The molecule has 1 N–H and O–H groups in total. The summed E-state index contributed by atoms with van der Waals surface area (Å²) in [7, 11) is 1.51. The van der Waals surface area contributed by atoms with E-state index >= 15 is 0 Å². The molecule has 0 aliphatic heterocycles. The topological polar surface area (TPSA) is 72.8 Å². The van der Waals surface area contributed by atoms with E-state index in [-0.39, 0.29) is 0 Å². The van der Waals surface area contributed by atoms with Gasteiger partial charge in [-0.1, -0.05) is 11.6 Å². The SMILES string of the molecule is COc1cc(/C=N\Nc2nc(C)c(C)s2)ccc1OC(=O)c1ccc(Cl)cc1. The number of rotatable bonds is 6. The Morgan fingerprint density at radius 1 is 1.18 bits per heavy atom. The lowest BCUT2D eigenvalue weighted by molar-refractivity contribution is 0.0729. The van der Waals surface area contributed by atoms with E-state index in [1.54, 1.807) is 48.7 Å². The Balaban J connectivity index is 1.70. The number of nitrogens with one attached hydrogen (secondary N) is 1. The molecule has 0 aliphatic rings. The van der Waals surface area contributed by atoms with Crippen LogP contribution in [0.25, 0.3) is 0 Å². The second-order valence-electron chi connectivity index (χ2n) is 5.84. The fourth-order valence-electron chi connectivity index (χ4n) is 2.28. The van der Waals surface area contributed by atoms with Gasteiger partial charge >= 0.3 is 5.97 Å². The third-order valence-corrected chi connectivity index (χ3v) is 5.10. The highest BCUT2D eigenvalue weighted by Gasteiger charge is 2.13. The standard InChI is InChI=1S/C20H18ClN3O3S/c1-12-13(2)28-20(23-12)24-22-11-14-4-9-17(18(10-14)26-3)27-19(25)15-5-7-16(21)8-6-15/h4-11H,1-3H3,(H,23,24)/b22-11-. The van der Waals surface area contributed by atoms with Crippen LogP contribution in [0.4, 0.5) is 5.13 Å². The number of carbonyl (C=O) groups excluding carboxylic acids is 1. The molecular weight excluding hydrogens is 398 g/mol. The van der Waals surface area contributed by atoms with Crippen LogP contribution in [0.5, 0.6) is 11.5 Å². The summed E-state index contributed by atoms with van der Waals surface area (Å²) in [5, 5.41) is 5.46. The van der Waals surface area contributed by atoms with Crippen LogP contribution in [0.1, 0.15) is 26.5 Å². The number of carbonyl (C=O) groups is 1. The van der Waals surface area contributed by atoms with E-state index in [0.29, 0.717) is 22.1 Å². The lowest BCUT2D eigenvalue weighted by Crippen LogP contribution is -2.09. The molecule has 0 atom stereocenters. The summed E-state index contributed by atoms with van der Waals surface area (Å²) in [5.41, 5.74) is 5.06.